The van der Waals surface area contributed by atoms with E-state index < -0.39 is 65.4 Å². The van der Waals surface area contributed by atoms with E-state index >= 15 is 0 Å². The zero-order valence-corrected chi connectivity index (χ0v) is 34.5. The van der Waals surface area contributed by atoms with Crippen LogP contribution in [-0.2, 0) is 36.7 Å². The predicted molar refractivity (Wildman–Crippen MR) is 210 cm³/mol. The van der Waals surface area contributed by atoms with E-state index in [9.17, 15) is 14.4 Å². The van der Waals surface area contributed by atoms with Crippen LogP contribution in [0.15, 0.2) is 42.6 Å². The summed E-state index contributed by atoms with van der Waals surface area (Å²) < 4.78 is 35.4. The Kier molecular flexibility index (Phi) is 9.75. The number of benzene rings is 2. The maximum absolute atomic E-state index is 14.7. The van der Waals surface area contributed by atoms with Crippen molar-refractivity contribution in [3.63, 3.8) is 0 Å². The summed E-state index contributed by atoms with van der Waals surface area (Å²) in [4.78, 5) is 44.9. The standard InChI is InChI=1S/C41H56BN5O9/c1-37(2,3)33(44-35(49)54-38(4,5)6)34(48)47-22-28(53-36(50)46-20-25-16-30-31(52-23-51-30)17-26(25)21-46)18-32(47)41(11)43-19-29(45-41)24-12-14-27(15-13-24)42-55-39(7,8)40(9,10)56-42/h12-17,19,28,32-33,43,45H,18,20-23H2,1-11H3,(H,44,49)/t28-,32+,33-,41?/m1/s1. The molecule has 0 aromatic heterocycles. The van der Waals surface area contributed by atoms with E-state index in [1.54, 1.807) is 30.6 Å². The Morgan fingerprint density at radius 1 is 0.911 bits per heavy atom. The van der Waals surface area contributed by atoms with Crippen LogP contribution in [0.5, 0.6) is 11.5 Å². The second-order valence-corrected chi connectivity index (χ2v) is 18.8. The van der Waals surface area contributed by atoms with E-state index in [0.717, 1.165) is 27.9 Å². The largest absolute Gasteiger partial charge is 0.494 e. The first-order chi connectivity index (χ1) is 26.0. The van der Waals surface area contributed by atoms with Crippen LogP contribution in [0, 0.1) is 5.41 Å². The van der Waals surface area contributed by atoms with Gasteiger partial charge in [0.25, 0.3) is 0 Å². The van der Waals surface area contributed by atoms with Crippen molar-refractivity contribution in [1.29, 1.82) is 0 Å². The number of carbonyl (C=O) groups is 3. The Morgan fingerprint density at radius 3 is 2.05 bits per heavy atom. The van der Waals surface area contributed by atoms with E-state index in [2.05, 4.69) is 16.0 Å². The number of carbonyl (C=O) groups excluding carboxylic acids is 3. The number of hydrogen-bond donors (Lipinski definition) is 3. The highest BCUT2D eigenvalue weighted by Crippen LogP contribution is 2.40. The molecule has 0 radical (unpaired) electrons. The molecule has 3 N–H and O–H groups in total. The molecule has 0 bridgehead atoms. The van der Waals surface area contributed by atoms with Gasteiger partial charge in [-0.15, -0.1) is 0 Å². The Labute approximate surface area is 330 Å². The Balaban J connectivity index is 1.09. The number of ether oxygens (including phenoxy) is 4. The van der Waals surface area contributed by atoms with Crippen LogP contribution in [-0.4, -0.2) is 89.0 Å². The topological polar surface area (TPSA) is 149 Å². The number of amides is 3. The van der Waals surface area contributed by atoms with Gasteiger partial charge in [0.05, 0.1) is 29.5 Å². The van der Waals surface area contributed by atoms with Gasteiger partial charge in [-0.25, -0.2) is 9.59 Å². The number of nitrogens with zero attached hydrogens (tertiary/aromatic N) is 2. The van der Waals surface area contributed by atoms with Crippen LogP contribution in [0.3, 0.4) is 0 Å². The van der Waals surface area contributed by atoms with Gasteiger partial charge in [-0.3, -0.25) is 9.69 Å². The minimum Gasteiger partial charge on any atom is -0.454 e. The number of likely N-dealkylation sites (tertiary alicyclic amines) is 1. The summed E-state index contributed by atoms with van der Waals surface area (Å²) >= 11 is 0. The third-order valence-corrected chi connectivity index (χ3v) is 11.6. The smallest absolute Gasteiger partial charge is 0.454 e. The zero-order valence-electron chi connectivity index (χ0n) is 34.5. The molecule has 15 heteroatoms. The van der Waals surface area contributed by atoms with Crippen molar-refractivity contribution in [2.75, 3.05) is 13.3 Å². The number of alkyl carbamates (subject to hydrolysis) is 1. The lowest BCUT2D eigenvalue weighted by Crippen LogP contribution is -2.64. The normalized spacial score (nSPS) is 25.3. The molecule has 5 aliphatic rings. The zero-order chi connectivity index (χ0) is 40.6. The van der Waals surface area contributed by atoms with Gasteiger partial charge in [0.2, 0.25) is 12.7 Å². The lowest BCUT2D eigenvalue weighted by Gasteiger charge is -2.41. The van der Waals surface area contributed by atoms with Crippen molar-refractivity contribution >= 4 is 36.4 Å². The Morgan fingerprint density at radius 2 is 1.50 bits per heavy atom. The molecular weight excluding hydrogens is 717 g/mol. The van der Waals surface area contributed by atoms with Gasteiger partial charge < -0.3 is 49.1 Å². The molecule has 2 saturated heterocycles. The molecule has 2 aromatic carbocycles. The molecule has 2 fully saturated rings. The molecule has 1 unspecified atom stereocenters. The highest BCUT2D eigenvalue weighted by atomic mass is 16.7. The Bertz CT molecular complexity index is 1870. The monoisotopic (exact) mass is 773 g/mol. The maximum atomic E-state index is 14.7. The number of hydrogen-bond acceptors (Lipinski definition) is 11. The summed E-state index contributed by atoms with van der Waals surface area (Å²) in [6.07, 6.45) is 0.464. The summed E-state index contributed by atoms with van der Waals surface area (Å²) in [7, 11) is -0.482. The second-order valence-electron chi connectivity index (χ2n) is 18.8. The molecule has 0 saturated carbocycles. The van der Waals surface area contributed by atoms with Gasteiger partial charge >= 0.3 is 19.3 Å². The van der Waals surface area contributed by atoms with Gasteiger partial charge in [0.1, 0.15) is 23.4 Å². The highest BCUT2D eigenvalue weighted by Gasteiger charge is 2.53. The van der Waals surface area contributed by atoms with Crippen molar-refractivity contribution in [3.8, 4) is 11.5 Å². The molecule has 4 atom stereocenters. The second kappa shape index (κ2) is 13.8. The fourth-order valence-corrected chi connectivity index (χ4v) is 7.76. The molecule has 5 aliphatic heterocycles. The number of rotatable bonds is 6. The highest BCUT2D eigenvalue weighted by molar-refractivity contribution is 6.62. The molecule has 56 heavy (non-hydrogen) atoms. The van der Waals surface area contributed by atoms with Crippen molar-refractivity contribution in [3.05, 3.63) is 59.3 Å². The van der Waals surface area contributed by atoms with Crippen molar-refractivity contribution < 1.29 is 42.6 Å². The van der Waals surface area contributed by atoms with Gasteiger partial charge in [0.15, 0.2) is 11.5 Å². The average Bonchev–Trinajstić information content (AvgIpc) is 3.92. The number of fused-ring (bicyclic) bond motifs is 2. The minimum atomic E-state index is -0.936. The van der Waals surface area contributed by atoms with Gasteiger partial charge in [-0.05, 0) is 95.1 Å². The van der Waals surface area contributed by atoms with Crippen LogP contribution in [0.25, 0.3) is 5.70 Å². The summed E-state index contributed by atoms with van der Waals surface area (Å²) in [6, 6.07) is 10.4. The summed E-state index contributed by atoms with van der Waals surface area (Å²) in [5.41, 5.74) is 1.42. The van der Waals surface area contributed by atoms with E-state index in [0.29, 0.717) is 31.0 Å². The van der Waals surface area contributed by atoms with Crippen molar-refractivity contribution in [2.45, 2.75) is 136 Å². The lowest BCUT2D eigenvalue weighted by molar-refractivity contribution is -0.138. The molecule has 14 nitrogen and oxygen atoms in total. The SMILES string of the molecule is CC(C)(C)OC(=O)N[C@H](C(=O)N1C[C@H](OC(=O)N2Cc3cc4c(cc3C2)OCO4)C[C@H]1C1(C)NC=C(c2ccc(B3OC(C)(C)C(C)(C)O3)cc2)N1)C(C)(C)C. The third-order valence-electron chi connectivity index (χ3n) is 11.6. The van der Waals surface area contributed by atoms with E-state index in [1.807, 2.05) is 98.0 Å². The third kappa shape index (κ3) is 7.72. The van der Waals surface area contributed by atoms with Crippen LogP contribution >= 0.6 is 0 Å². The summed E-state index contributed by atoms with van der Waals surface area (Å²) in [5, 5.41) is 10.0. The molecular formula is C41H56BN5O9. The maximum Gasteiger partial charge on any atom is 0.494 e. The summed E-state index contributed by atoms with van der Waals surface area (Å²) in [6.45, 7) is 22.2. The average molecular weight is 774 g/mol. The molecule has 2 aromatic rings. The van der Waals surface area contributed by atoms with Crippen LogP contribution in [0.1, 0.15) is 99.3 Å². The molecule has 0 aliphatic carbocycles. The van der Waals surface area contributed by atoms with Gasteiger partial charge in [-0.1, -0.05) is 45.0 Å². The fraction of sp³-hybridized carbons (Fsp3) is 0.585. The molecule has 3 amide bonds. The van der Waals surface area contributed by atoms with Crippen molar-refractivity contribution in [2.24, 2.45) is 5.41 Å². The molecule has 302 valence electrons. The minimum absolute atomic E-state index is 0.131. The first-order valence-electron chi connectivity index (χ1n) is 19.4. The first-order valence-corrected chi connectivity index (χ1v) is 19.4. The number of nitrogens with one attached hydrogen (secondary N) is 3. The van der Waals surface area contributed by atoms with E-state index in [-0.39, 0.29) is 19.2 Å². The molecule has 7 rings (SSSR count). The van der Waals surface area contributed by atoms with Crippen LogP contribution in [0.2, 0.25) is 0 Å². The molecule has 0 spiro atoms. The van der Waals surface area contributed by atoms with Crippen LogP contribution in [0.4, 0.5) is 9.59 Å². The van der Waals surface area contributed by atoms with Crippen LogP contribution < -0.4 is 30.9 Å². The fourth-order valence-electron chi connectivity index (χ4n) is 7.76. The van der Waals surface area contributed by atoms with E-state index in [4.69, 9.17) is 28.3 Å². The van der Waals surface area contributed by atoms with Gasteiger partial charge in [-0.2, -0.15) is 0 Å². The predicted octanol–water partition coefficient (Wildman–Crippen LogP) is 4.98. The quantitative estimate of drug-likeness (QED) is 0.342. The first kappa shape index (κ1) is 39.6. The summed E-state index contributed by atoms with van der Waals surface area (Å²) in [5.74, 6) is 1.03. The van der Waals surface area contributed by atoms with Gasteiger partial charge in [0, 0.05) is 25.7 Å². The molecule has 5 heterocycles. The lowest BCUT2D eigenvalue weighted by atomic mass is 9.79. The van der Waals surface area contributed by atoms with Crippen molar-refractivity contribution in [1.82, 2.24) is 25.8 Å². The van der Waals surface area contributed by atoms with E-state index in [1.165, 1.54) is 0 Å². The Hall–Kier alpha value is -4.63.